The minimum Gasteiger partial charge on any atom is -0.348 e. The molecule has 1 aliphatic heterocycles. The standard InChI is InChI=1S/C12H17BrN2OS/c1-9(8-15-6-2-3-7-15)14-12(16)10-4-5-11(13)17-10/h4-5,9H,2-3,6-8H2,1H3,(H,14,16). The van der Waals surface area contributed by atoms with Gasteiger partial charge in [0.15, 0.2) is 0 Å². The third-order valence-corrected chi connectivity index (χ3v) is 4.53. The largest absolute Gasteiger partial charge is 0.348 e. The van der Waals surface area contributed by atoms with Gasteiger partial charge in [-0.25, -0.2) is 0 Å². The summed E-state index contributed by atoms with van der Waals surface area (Å²) >= 11 is 4.84. The normalized spacial score (nSPS) is 18.2. The quantitative estimate of drug-likeness (QED) is 0.926. The molecule has 0 radical (unpaired) electrons. The molecule has 1 amide bonds. The topological polar surface area (TPSA) is 32.3 Å². The first kappa shape index (κ1) is 13.1. The molecule has 2 rings (SSSR count). The molecule has 2 heterocycles. The molecular formula is C12H17BrN2OS. The van der Waals surface area contributed by atoms with Crippen LogP contribution < -0.4 is 5.32 Å². The van der Waals surface area contributed by atoms with Crippen LogP contribution >= 0.6 is 27.3 Å². The number of carbonyl (C=O) groups excluding carboxylic acids is 1. The Hall–Kier alpha value is -0.390. The highest BCUT2D eigenvalue weighted by molar-refractivity contribution is 9.11. The van der Waals surface area contributed by atoms with E-state index in [0.717, 1.165) is 15.2 Å². The summed E-state index contributed by atoms with van der Waals surface area (Å²) in [6.07, 6.45) is 2.58. The summed E-state index contributed by atoms with van der Waals surface area (Å²) in [7, 11) is 0. The number of nitrogens with zero attached hydrogens (tertiary/aromatic N) is 1. The van der Waals surface area contributed by atoms with E-state index in [9.17, 15) is 4.79 Å². The number of amides is 1. The minimum absolute atomic E-state index is 0.0346. The number of thiophene rings is 1. The van der Waals surface area contributed by atoms with E-state index in [1.165, 1.54) is 37.3 Å². The molecule has 1 aliphatic rings. The van der Waals surface area contributed by atoms with Gasteiger partial charge < -0.3 is 10.2 Å². The van der Waals surface area contributed by atoms with Crippen LogP contribution in [0.25, 0.3) is 0 Å². The van der Waals surface area contributed by atoms with Gasteiger partial charge in [-0.2, -0.15) is 0 Å². The molecule has 0 bridgehead atoms. The molecular weight excluding hydrogens is 300 g/mol. The molecule has 0 saturated carbocycles. The van der Waals surface area contributed by atoms with Gasteiger partial charge >= 0.3 is 0 Å². The monoisotopic (exact) mass is 316 g/mol. The van der Waals surface area contributed by atoms with Gasteiger partial charge in [-0.05, 0) is 60.9 Å². The van der Waals surface area contributed by atoms with Gasteiger partial charge in [0.2, 0.25) is 0 Å². The lowest BCUT2D eigenvalue weighted by molar-refractivity contribution is 0.0936. The second-order valence-corrected chi connectivity index (χ2v) is 6.95. The van der Waals surface area contributed by atoms with Crippen LogP contribution in [0.1, 0.15) is 29.4 Å². The van der Waals surface area contributed by atoms with Crippen LogP contribution in [0.5, 0.6) is 0 Å². The molecule has 0 spiro atoms. The van der Waals surface area contributed by atoms with E-state index in [0.29, 0.717) is 0 Å². The van der Waals surface area contributed by atoms with Gasteiger partial charge in [-0.1, -0.05) is 0 Å². The Kier molecular flexibility index (Phi) is 4.59. The predicted octanol–water partition coefficient (Wildman–Crippen LogP) is 2.72. The van der Waals surface area contributed by atoms with Gasteiger partial charge in [0.1, 0.15) is 0 Å². The summed E-state index contributed by atoms with van der Waals surface area (Å²) < 4.78 is 0.995. The molecule has 3 nitrogen and oxygen atoms in total. The second-order valence-electron chi connectivity index (χ2n) is 4.49. The van der Waals surface area contributed by atoms with Gasteiger partial charge in [0, 0.05) is 12.6 Å². The number of halogens is 1. The molecule has 1 unspecified atom stereocenters. The van der Waals surface area contributed by atoms with E-state index in [4.69, 9.17) is 0 Å². The summed E-state index contributed by atoms with van der Waals surface area (Å²) in [4.78, 5) is 15.1. The smallest absolute Gasteiger partial charge is 0.261 e. The molecule has 5 heteroatoms. The van der Waals surface area contributed by atoms with Crippen molar-refractivity contribution in [2.75, 3.05) is 19.6 Å². The van der Waals surface area contributed by atoms with Gasteiger partial charge in [-0.3, -0.25) is 4.79 Å². The van der Waals surface area contributed by atoms with Crippen molar-refractivity contribution >= 4 is 33.2 Å². The number of nitrogens with one attached hydrogen (secondary N) is 1. The van der Waals surface area contributed by atoms with Crippen molar-refractivity contribution < 1.29 is 4.79 Å². The third kappa shape index (κ3) is 3.79. The molecule has 1 N–H and O–H groups in total. The maximum Gasteiger partial charge on any atom is 0.261 e. The van der Waals surface area contributed by atoms with E-state index in [1.807, 2.05) is 12.1 Å². The Morgan fingerprint density at radius 3 is 2.82 bits per heavy atom. The fourth-order valence-corrected chi connectivity index (χ4v) is 3.42. The van der Waals surface area contributed by atoms with E-state index in [2.05, 4.69) is 33.1 Å². The first-order chi connectivity index (χ1) is 8.15. The Bertz CT molecular complexity index is 388. The first-order valence-electron chi connectivity index (χ1n) is 5.93. The molecule has 1 aromatic heterocycles. The molecule has 94 valence electrons. The van der Waals surface area contributed by atoms with Crippen LogP contribution in [0.3, 0.4) is 0 Å². The highest BCUT2D eigenvalue weighted by Crippen LogP contribution is 2.21. The van der Waals surface area contributed by atoms with E-state index >= 15 is 0 Å². The van der Waals surface area contributed by atoms with Crippen molar-refractivity contribution in [3.8, 4) is 0 Å². The van der Waals surface area contributed by atoms with Gasteiger partial charge in [0.05, 0.1) is 8.66 Å². The minimum atomic E-state index is 0.0346. The predicted molar refractivity (Wildman–Crippen MR) is 74.6 cm³/mol. The average Bonchev–Trinajstić information content (AvgIpc) is 2.89. The van der Waals surface area contributed by atoms with Crippen molar-refractivity contribution in [1.29, 1.82) is 0 Å². The fourth-order valence-electron chi connectivity index (χ4n) is 2.13. The molecule has 0 aliphatic carbocycles. The first-order valence-corrected chi connectivity index (χ1v) is 7.54. The summed E-state index contributed by atoms with van der Waals surface area (Å²) in [5.41, 5.74) is 0. The average molecular weight is 317 g/mol. The molecule has 1 aromatic rings. The SMILES string of the molecule is CC(CN1CCCC1)NC(=O)c1ccc(Br)s1. The summed E-state index contributed by atoms with van der Waals surface area (Å²) in [5, 5.41) is 3.05. The van der Waals surface area contributed by atoms with E-state index in [1.54, 1.807) is 0 Å². The number of rotatable bonds is 4. The van der Waals surface area contributed by atoms with Crippen LogP contribution in [0.2, 0.25) is 0 Å². The Morgan fingerprint density at radius 1 is 1.53 bits per heavy atom. The Morgan fingerprint density at radius 2 is 2.24 bits per heavy atom. The van der Waals surface area contributed by atoms with Crippen LogP contribution in [0, 0.1) is 0 Å². The highest BCUT2D eigenvalue weighted by Gasteiger charge is 2.17. The van der Waals surface area contributed by atoms with Crippen LogP contribution in [-0.2, 0) is 0 Å². The van der Waals surface area contributed by atoms with Crippen molar-refractivity contribution in [3.63, 3.8) is 0 Å². The fraction of sp³-hybridized carbons (Fsp3) is 0.583. The second kappa shape index (κ2) is 5.98. The zero-order chi connectivity index (χ0) is 12.3. The number of hydrogen-bond donors (Lipinski definition) is 1. The number of likely N-dealkylation sites (tertiary alicyclic amines) is 1. The molecule has 1 fully saturated rings. The van der Waals surface area contributed by atoms with E-state index < -0.39 is 0 Å². The van der Waals surface area contributed by atoms with Crippen LogP contribution in [0.15, 0.2) is 15.9 Å². The molecule has 1 saturated heterocycles. The Balaban J connectivity index is 1.81. The van der Waals surface area contributed by atoms with E-state index in [-0.39, 0.29) is 11.9 Å². The third-order valence-electron chi connectivity index (χ3n) is 2.91. The van der Waals surface area contributed by atoms with Crippen LogP contribution in [-0.4, -0.2) is 36.5 Å². The lowest BCUT2D eigenvalue weighted by Crippen LogP contribution is -2.40. The van der Waals surface area contributed by atoms with Gasteiger partial charge in [-0.15, -0.1) is 11.3 Å². The van der Waals surface area contributed by atoms with Crippen molar-refractivity contribution in [3.05, 3.63) is 20.8 Å². The van der Waals surface area contributed by atoms with Crippen molar-refractivity contribution in [2.24, 2.45) is 0 Å². The summed E-state index contributed by atoms with van der Waals surface area (Å²) in [5.74, 6) is 0.0346. The maximum absolute atomic E-state index is 11.9. The zero-order valence-electron chi connectivity index (χ0n) is 9.91. The highest BCUT2D eigenvalue weighted by atomic mass is 79.9. The molecule has 0 aromatic carbocycles. The molecule has 17 heavy (non-hydrogen) atoms. The van der Waals surface area contributed by atoms with Gasteiger partial charge in [0.25, 0.3) is 5.91 Å². The molecule has 1 atom stereocenters. The number of hydrogen-bond acceptors (Lipinski definition) is 3. The van der Waals surface area contributed by atoms with Crippen LogP contribution in [0.4, 0.5) is 0 Å². The summed E-state index contributed by atoms with van der Waals surface area (Å²) in [6.45, 7) is 5.37. The Labute approximate surface area is 114 Å². The van der Waals surface area contributed by atoms with Crippen molar-refractivity contribution in [2.45, 2.75) is 25.8 Å². The number of carbonyl (C=O) groups is 1. The summed E-state index contributed by atoms with van der Waals surface area (Å²) in [6, 6.07) is 3.97. The lowest BCUT2D eigenvalue weighted by Gasteiger charge is -2.20. The maximum atomic E-state index is 11.9. The lowest BCUT2D eigenvalue weighted by atomic mass is 10.3. The van der Waals surface area contributed by atoms with Crippen molar-refractivity contribution in [1.82, 2.24) is 10.2 Å². The zero-order valence-corrected chi connectivity index (χ0v) is 12.3.